The predicted molar refractivity (Wildman–Crippen MR) is 85.5 cm³/mol. The van der Waals surface area contributed by atoms with Crippen LogP contribution in [-0.4, -0.2) is 22.4 Å². The number of fused-ring (bicyclic) bond motifs is 1. The Morgan fingerprint density at radius 1 is 1.19 bits per heavy atom. The van der Waals surface area contributed by atoms with Gasteiger partial charge in [0.15, 0.2) is 0 Å². The maximum atomic E-state index is 12.3. The Hall–Kier alpha value is -1.68. The first-order valence-electron chi connectivity index (χ1n) is 8.03. The van der Waals surface area contributed by atoms with Gasteiger partial charge in [-0.2, -0.15) is 5.10 Å². The van der Waals surface area contributed by atoms with Crippen LogP contribution in [0.1, 0.15) is 38.5 Å². The third-order valence-corrected chi connectivity index (χ3v) is 4.35. The molecule has 0 radical (unpaired) electrons. The SMILES string of the molecule is O=c1c2ccccc2cnn1CCCNC1CCCCC1. The van der Waals surface area contributed by atoms with Gasteiger partial charge in [-0.1, -0.05) is 37.5 Å². The second-order valence-electron chi connectivity index (χ2n) is 5.90. The van der Waals surface area contributed by atoms with Gasteiger partial charge in [0.25, 0.3) is 5.56 Å². The fraction of sp³-hybridized carbons (Fsp3) is 0.529. The number of nitrogens with zero attached hydrogens (tertiary/aromatic N) is 2. The third-order valence-electron chi connectivity index (χ3n) is 4.35. The molecule has 1 aromatic carbocycles. The molecule has 0 unspecified atom stereocenters. The van der Waals surface area contributed by atoms with Crippen LogP contribution in [0.15, 0.2) is 35.3 Å². The van der Waals surface area contributed by atoms with E-state index in [-0.39, 0.29) is 5.56 Å². The van der Waals surface area contributed by atoms with E-state index in [1.807, 2.05) is 24.3 Å². The van der Waals surface area contributed by atoms with Crippen LogP contribution < -0.4 is 10.9 Å². The van der Waals surface area contributed by atoms with Crippen molar-refractivity contribution in [2.45, 2.75) is 51.1 Å². The number of hydrogen-bond acceptors (Lipinski definition) is 3. The van der Waals surface area contributed by atoms with Crippen molar-refractivity contribution in [1.82, 2.24) is 15.1 Å². The smallest absolute Gasteiger partial charge is 0.274 e. The second kappa shape index (κ2) is 6.85. The monoisotopic (exact) mass is 285 g/mol. The van der Waals surface area contributed by atoms with Crippen molar-refractivity contribution in [2.75, 3.05) is 6.54 Å². The predicted octanol–water partition coefficient (Wildman–Crippen LogP) is 2.71. The zero-order valence-corrected chi connectivity index (χ0v) is 12.4. The summed E-state index contributed by atoms with van der Waals surface area (Å²) in [5, 5.41) is 9.55. The van der Waals surface area contributed by atoms with Gasteiger partial charge >= 0.3 is 0 Å². The summed E-state index contributed by atoms with van der Waals surface area (Å²) >= 11 is 0. The van der Waals surface area contributed by atoms with Crippen LogP contribution in [0.2, 0.25) is 0 Å². The van der Waals surface area contributed by atoms with E-state index in [9.17, 15) is 4.79 Å². The molecule has 1 aliphatic rings. The molecule has 0 amide bonds. The van der Waals surface area contributed by atoms with E-state index in [1.54, 1.807) is 10.9 Å². The number of rotatable bonds is 5. The van der Waals surface area contributed by atoms with E-state index < -0.39 is 0 Å². The van der Waals surface area contributed by atoms with Crippen molar-refractivity contribution in [2.24, 2.45) is 0 Å². The van der Waals surface area contributed by atoms with E-state index in [1.165, 1.54) is 32.1 Å². The lowest BCUT2D eigenvalue weighted by molar-refractivity contribution is 0.366. The minimum absolute atomic E-state index is 0.0192. The van der Waals surface area contributed by atoms with E-state index in [0.717, 1.165) is 23.7 Å². The van der Waals surface area contributed by atoms with Gasteiger partial charge in [-0.3, -0.25) is 4.79 Å². The Balaban J connectivity index is 1.55. The second-order valence-corrected chi connectivity index (χ2v) is 5.90. The van der Waals surface area contributed by atoms with Gasteiger partial charge in [-0.25, -0.2) is 4.68 Å². The van der Waals surface area contributed by atoms with E-state index in [0.29, 0.717) is 12.6 Å². The highest BCUT2D eigenvalue weighted by atomic mass is 16.1. The van der Waals surface area contributed by atoms with E-state index in [4.69, 9.17) is 0 Å². The molecule has 4 nitrogen and oxygen atoms in total. The maximum absolute atomic E-state index is 12.3. The Morgan fingerprint density at radius 2 is 2.00 bits per heavy atom. The van der Waals surface area contributed by atoms with E-state index in [2.05, 4.69) is 10.4 Å². The van der Waals surface area contributed by atoms with Crippen LogP contribution in [0.5, 0.6) is 0 Å². The number of hydrogen-bond donors (Lipinski definition) is 1. The highest BCUT2D eigenvalue weighted by Crippen LogP contribution is 2.17. The van der Waals surface area contributed by atoms with Gasteiger partial charge in [0.2, 0.25) is 0 Å². The lowest BCUT2D eigenvalue weighted by Crippen LogP contribution is -2.33. The molecule has 3 rings (SSSR count). The van der Waals surface area contributed by atoms with Crippen molar-refractivity contribution in [3.8, 4) is 0 Å². The number of nitrogens with one attached hydrogen (secondary N) is 1. The van der Waals surface area contributed by atoms with Crippen molar-refractivity contribution in [3.63, 3.8) is 0 Å². The standard InChI is InChI=1S/C17H23N3O/c21-17-16-10-5-4-7-14(16)13-19-20(17)12-6-11-18-15-8-2-1-3-9-15/h4-5,7,10,13,15,18H,1-3,6,8-9,11-12H2. The average molecular weight is 285 g/mol. The van der Waals surface area contributed by atoms with Crippen molar-refractivity contribution < 1.29 is 0 Å². The van der Waals surface area contributed by atoms with Gasteiger partial charge in [0.05, 0.1) is 11.6 Å². The number of benzene rings is 1. The lowest BCUT2D eigenvalue weighted by atomic mass is 9.95. The summed E-state index contributed by atoms with van der Waals surface area (Å²) in [5.41, 5.74) is 0.0192. The summed E-state index contributed by atoms with van der Waals surface area (Å²) in [6.45, 7) is 1.65. The van der Waals surface area contributed by atoms with Crippen molar-refractivity contribution >= 4 is 10.8 Å². The first-order valence-corrected chi connectivity index (χ1v) is 8.03. The Labute approximate surface area is 125 Å². The normalized spacial score (nSPS) is 16.4. The van der Waals surface area contributed by atoms with Gasteiger partial charge < -0.3 is 5.32 Å². The molecule has 0 saturated heterocycles. The zero-order valence-electron chi connectivity index (χ0n) is 12.4. The lowest BCUT2D eigenvalue weighted by Gasteiger charge is -2.22. The molecular weight excluding hydrogens is 262 g/mol. The van der Waals surface area contributed by atoms with Gasteiger partial charge in [0, 0.05) is 18.0 Å². The summed E-state index contributed by atoms with van der Waals surface area (Å²) < 4.78 is 1.59. The van der Waals surface area contributed by atoms with Crippen molar-refractivity contribution in [3.05, 3.63) is 40.8 Å². The van der Waals surface area contributed by atoms with Crippen LogP contribution >= 0.6 is 0 Å². The summed E-state index contributed by atoms with van der Waals surface area (Å²) in [4.78, 5) is 12.3. The Kier molecular flexibility index (Phi) is 4.65. The van der Waals surface area contributed by atoms with Gasteiger partial charge in [-0.05, 0) is 31.9 Å². The quantitative estimate of drug-likeness (QED) is 0.859. The molecule has 0 bridgehead atoms. The molecule has 1 fully saturated rings. The first kappa shape index (κ1) is 14.3. The third kappa shape index (κ3) is 3.50. The maximum Gasteiger partial charge on any atom is 0.274 e. The summed E-state index contributed by atoms with van der Waals surface area (Å²) in [5.74, 6) is 0. The van der Waals surface area contributed by atoms with Crippen LogP contribution in [-0.2, 0) is 6.54 Å². The molecule has 112 valence electrons. The number of aromatic nitrogens is 2. The molecule has 21 heavy (non-hydrogen) atoms. The van der Waals surface area contributed by atoms with E-state index >= 15 is 0 Å². The topological polar surface area (TPSA) is 46.9 Å². The molecule has 0 atom stereocenters. The van der Waals surface area contributed by atoms with Gasteiger partial charge in [0.1, 0.15) is 0 Å². The van der Waals surface area contributed by atoms with Crippen molar-refractivity contribution in [1.29, 1.82) is 0 Å². The number of aryl methyl sites for hydroxylation is 1. The Morgan fingerprint density at radius 3 is 2.86 bits per heavy atom. The summed E-state index contributed by atoms with van der Waals surface area (Å²) in [7, 11) is 0. The molecule has 4 heteroatoms. The highest BCUT2D eigenvalue weighted by molar-refractivity contribution is 5.80. The summed E-state index contributed by atoms with van der Waals surface area (Å²) in [6.07, 6.45) is 9.41. The van der Waals surface area contributed by atoms with Crippen LogP contribution in [0.3, 0.4) is 0 Å². The van der Waals surface area contributed by atoms with Gasteiger partial charge in [-0.15, -0.1) is 0 Å². The molecule has 1 aromatic heterocycles. The minimum Gasteiger partial charge on any atom is -0.314 e. The van der Waals surface area contributed by atoms with Crippen LogP contribution in [0.25, 0.3) is 10.8 Å². The molecule has 1 N–H and O–H groups in total. The molecular formula is C17H23N3O. The minimum atomic E-state index is 0.0192. The zero-order chi connectivity index (χ0) is 14.5. The first-order chi connectivity index (χ1) is 10.3. The molecule has 1 aliphatic carbocycles. The van der Waals surface area contributed by atoms with Crippen LogP contribution in [0.4, 0.5) is 0 Å². The molecule has 2 aromatic rings. The largest absolute Gasteiger partial charge is 0.314 e. The fourth-order valence-electron chi connectivity index (χ4n) is 3.13. The molecule has 1 saturated carbocycles. The molecule has 0 spiro atoms. The summed E-state index contributed by atoms with van der Waals surface area (Å²) in [6, 6.07) is 8.31. The average Bonchev–Trinajstić information content (AvgIpc) is 2.55. The Bertz CT molecular complexity index is 644. The molecule has 0 aliphatic heterocycles. The van der Waals surface area contributed by atoms with Crippen LogP contribution in [0, 0.1) is 0 Å². The highest BCUT2D eigenvalue weighted by Gasteiger charge is 2.11. The fourth-order valence-corrected chi connectivity index (χ4v) is 3.13. The molecule has 1 heterocycles.